The molecule has 0 amide bonds. The molecule has 0 aliphatic carbocycles. The van der Waals surface area contributed by atoms with Crippen molar-refractivity contribution in [2.75, 3.05) is 18.1 Å². The van der Waals surface area contributed by atoms with Gasteiger partial charge in [-0.2, -0.15) is 4.98 Å². The second-order valence-corrected chi connectivity index (χ2v) is 8.05. The highest BCUT2D eigenvalue weighted by atomic mass is 35.5. The van der Waals surface area contributed by atoms with E-state index in [0.29, 0.717) is 17.9 Å². The van der Waals surface area contributed by atoms with Gasteiger partial charge in [0, 0.05) is 23.5 Å². The lowest BCUT2D eigenvalue weighted by Gasteiger charge is -2.36. The molecule has 27 heavy (non-hydrogen) atoms. The van der Waals surface area contributed by atoms with E-state index < -0.39 is 0 Å². The highest BCUT2D eigenvalue weighted by Crippen LogP contribution is 2.41. The molecule has 0 bridgehead atoms. The molecular weight excluding hydrogens is 378 g/mol. The van der Waals surface area contributed by atoms with E-state index in [0.717, 1.165) is 40.3 Å². The van der Waals surface area contributed by atoms with Crippen molar-refractivity contribution >= 4 is 39.0 Å². The fourth-order valence-electron chi connectivity index (χ4n) is 3.92. The summed E-state index contributed by atoms with van der Waals surface area (Å²) in [7, 11) is 0. The molecular formula is C21H24ClN3OS. The third-order valence-electron chi connectivity index (χ3n) is 5.23. The number of halogens is 1. The third-order valence-corrected chi connectivity index (χ3v) is 6.28. The fraction of sp³-hybridized carbons (Fsp3) is 0.429. The van der Waals surface area contributed by atoms with Crippen LogP contribution in [0.15, 0.2) is 29.6 Å². The number of piperidine rings is 1. The molecule has 1 aliphatic rings. The minimum atomic E-state index is 0.332. The van der Waals surface area contributed by atoms with E-state index in [4.69, 9.17) is 21.3 Å². The second kappa shape index (κ2) is 8.03. The van der Waals surface area contributed by atoms with Gasteiger partial charge in [-0.1, -0.05) is 19.1 Å². The largest absolute Gasteiger partial charge is 0.494 e. The Labute approximate surface area is 169 Å². The maximum atomic E-state index is 6.29. The van der Waals surface area contributed by atoms with Crippen LogP contribution in [-0.4, -0.2) is 29.2 Å². The first-order chi connectivity index (χ1) is 13.2. The van der Waals surface area contributed by atoms with E-state index in [9.17, 15) is 0 Å². The molecule has 0 spiro atoms. The van der Waals surface area contributed by atoms with Crippen LogP contribution in [0.25, 0.3) is 21.3 Å². The molecule has 1 aromatic carbocycles. The van der Waals surface area contributed by atoms with Gasteiger partial charge in [0.05, 0.1) is 12.0 Å². The van der Waals surface area contributed by atoms with Crippen LogP contribution >= 0.6 is 22.9 Å². The van der Waals surface area contributed by atoms with Gasteiger partial charge in [0.2, 0.25) is 5.28 Å². The van der Waals surface area contributed by atoms with Crippen molar-refractivity contribution in [1.29, 1.82) is 0 Å². The molecule has 6 heteroatoms. The quantitative estimate of drug-likeness (QED) is 0.478. The second-order valence-electron chi connectivity index (χ2n) is 6.85. The van der Waals surface area contributed by atoms with Gasteiger partial charge in [-0.15, -0.1) is 11.3 Å². The van der Waals surface area contributed by atoms with Crippen molar-refractivity contribution in [3.05, 3.63) is 34.9 Å². The summed E-state index contributed by atoms with van der Waals surface area (Å²) in [6.45, 7) is 5.95. The van der Waals surface area contributed by atoms with E-state index >= 15 is 0 Å². The Bertz CT molecular complexity index is 925. The third kappa shape index (κ3) is 3.63. The SMILES string of the molecule is CCOc1ccc(-c2csc3nc(Cl)nc(N4CCCCC4CC)c23)cc1. The standard InChI is InChI=1S/C21H24ClN3OS/c1-3-15-7-5-6-12-25(15)19-18-17(13-27-20(18)24-21(22)23-19)14-8-10-16(11-9-14)26-4-2/h8-11,13,15H,3-7,12H2,1-2H3. The first-order valence-electron chi connectivity index (χ1n) is 9.65. The first kappa shape index (κ1) is 18.5. The van der Waals surface area contributed by atoms with Gasteiger partial charge in [0.15, 0.2) is 0 Å². The van der Waals surface area contributed by atoms with Crippen molar-refractivity contribution < 1.29 is 4.74 Å². The van der Waals surface area contributed by atoms with Crippen molar-refractivity contribution in [1.82, 2.24) is 9.97 Å². The zero-order valence-corrected chi connectivity index (χ0v) is 17.3. The maximum absolute atomic E-state index is 6.29. The molecule has 1 fully saturated rings. The Kier molecular flexibility index (Phi) is 5.50. The summed E-state index contributed by atoms with van der Waals surface area (Å²) in [4.78, 5) is 12.6. The number of nitrogens with zero attached hydrogens (tertiary/aromatic N) is 3. The van der Waals surface area contributed by atoms with Crippen LogP contribution in [0.2, 0.25) is 5.28 Å². The summed E-state index contributed by atoms with van der Waals surface area (Å²) in [5.74, 6) is 1.88. The molecule has 1 aliphatic heterocycles. The number of rotatable bonds is 5. The summed E-state index contributed by atoms with van der Waals surface area (Å²) in [5.41, 5.74) is 2.33. The fourth-order valence-corrected chi connectivity index (χ4v) is 5.08. The van der Waals surface area contributed by atoms with Crippen LogP contribution < -0.4 is 9.64 Å². The predicted octanol–water partition coefficient (Wildman–Crippen LogP) is 6.18. The Morgan fingerprint density at radius 1 is 1.19 bits per heavy atom. The van der Waals surface area contributed by atoms with Crippen LogP contribution in [0.4, 0.5) is 5.82 Å². The molecule has 0 radical (unpaired) electrons. The highest BCUT2D eigenvalue weighted by Gasteiger charge is 2.26. The Hall–Kier alpha value is -1.85. The predicted molar refractivity (Wildman–Crippen MR) is 114 cm³/mol. The average molecular weight is 402 g/mol. The normalized spacial score (nSPS) is 17.4. The molecule has 142 valence electrons. The zero-order chi connectivity index (χ0) is 18.8. The Morgan fingerprint density at radius 2 is 2.00 bits per heavy atom. The number of benzene rings is 1. The highest BCUT2D eigenvalue weighted by molar-refractivity contribution is 7.17. The number of anilines is 1. The van der Waals surface area contributed by atoms with E-state index in [1.165, 1.54) is 24.8 Å². The molecule has 2 aromatic heterocycles. The van der Waals surface area contributed by atoms with Crippen molar-refractivity contribution in [3.8, 4) is 16.9 Å². The summed E-state index contributed by atoms with van der Waals surface area (Å²) < 4.78 is 5.58. The van der Waals surface area contributed by atoms with Gasteiger partial charge in [-0.05, 0) is 61.9 Å². The molecule has 1 saturated heterocycles. The number of fused-ring (bicyclic) bond motifs is 1. The van der Waals surface area contributed by atoms with Crippen molar-refractivity contribution in [3.63, 3.8) is 0 Å². The molecule has 4 rings (SSSR count). The van der Waals surface area contributed by atoms with Crippen LogP contribution in [0, 0.1) is 0 Å². The topological polar surface area (TPSA) is 38.3 Å². The smallest absolute Gasteiger partial charge is 0.225 e. The lowest BCUT2D eigenvalue weighted by atomic mass is 9.99. The van der Waals surface area contributed by atoms with Gasteiger partial charge in [-0.3, -0.25) is 0 Å². The molecule has 0 saturated carbocycles. The number of hydrogen-bond donors (Lipinski definition) is 0. The van der Waals surface area contributed by atoms with Gasteiger partial charge >= 0.3 is 0 Å². The van der Waals surface area contributed by atoms with Crippen LogP contribution in [0.1, 0.15) is 39.5 Å². The minimum absolute atomic E-state index is 0.332. The lowest BCUT2D eigenvalue weighted by Crippen LogP contribution is -2.39. The van der Waals surface area contributed by atoms with Gasteiger partial charge in [-0.25, -0.2) is 4.98 Å². The summed E-state index contributed by atoms with van der Waals surface area (Å²) in [6.07, 6.45) is 4.81. The van der Waals surface area contributed by atoms with Crippen LogP contribution in [0.5, 0.6) is 5.75 Å². The van der Waals surface area contributed by atoms with Crippen LogP contribution in [-0.2, 0) is 0 Å². The molecule has 1 atom stereocenters. The maximum Gasteiger partial charge on any atom is 0.225 e. The van der Waals surface area contributed by atoms with E-state index in [1.54, 1.807) is 11.3 Å². The molecule has 3 aromatic rings. The monoisotopic (exact) mass is 401 g/mol. The van der Waals surface area contributed by atoms with Crippen molar-refractivity contribution in [2.24, 2.45) is 0 Å². The molecule has 3 heterocycles. The molecule has 1 unspecified atom stereocenters. The van der Waals surface area contributed by atoms with Crippen molar-refractivity contribution in [2.45, 2.75) is 45.6 Å². The van der Waals surface area contributed by atoms with E-state index in [-0.39, 0.29) is 0 Å². The number of aromatic nitrogens is 2. The van der Waals surface area contributed by atoms with Gasteiger partial charge in [0.1, 0.15) is 16.4 Å². The van der Waals surface area contributed by atoms with Crippen LogP contribution in [0.3, 0.4) is 0 Å². The number of ether oxygens (including phenoxy) is 1. The zero-order valence-electron chi connectivity index (χ0n) is 15.7. The molecule has 4 nitrogen and oxygen atoms in total. The Balaban J connectivity index is 1.83. The van der Waals surface area contributed by atoms with Gasteiger partial charge in [0.25, 0.3) is 0 Å². The summed E-state index contributed by atoms with van der Waals surface area (Å²) >= 11 is 7.92. The lowest BCUT2D eigenvalue weighted by molar-refractivity contribution is 0.340. The number of thiophene rings is 1. The first-order valence-corrected chi connectivity index (χ1v) is 10.9. The van der Waals surface area contributed by atoms with Gasteiger partial charge < -0.3 is 9.64 Å². The Morgan fingerprint density at radius 3 is 2.74 bits per heavy atom. The minimum Gasteiger partial charge on any atom is -0.494 e. The van der Waals surface area contributed by atoms with E-state index in [2.05, 4.69) is 34.3 Å². The molecule has 0 N–H and O–H groups in total. The summed E-state index contributed by atoms with van der Waals surface area (Å²) in [6, 6.07) is 8.78. The average Bonchev–Trinajstić information content (AvgIpc) is 3.12. The summed E-state index contributed by atoms with van der Waals surface area (Å²) in [5, 5.41) is 3.62. The number of hydrogen-bond acceptors (Lipinski definition) is 5. The van der Waals surface area contributed by atoms with E-state index in [1.807, 2.05) is 19.1 Å².